The minimum Gasteiger partial charge on any atom is -0.229 e. The van der Waals surface area contributed by atoms with Crippen molar-refractivity contribution in [3.05, 3.63) is 0 Å². The molecule has 20 heavy (non-hydrogen) atoms. The molecule has 0 unspecified atom stereocenters. The topological polar surface area (TPSA) is 86.7 Å². The molecule has 2 aliphatic rings. The van der Waals surface area contributed by atoms with Crippen molar-refractivity contribution in [1.82, 2.24) is 0 Å². The maximum absolute atomic E-state index is 11.5. The van der Waals surface area contributed by atoms with E-state index in [9.17, 15) is 16.8 Å². The van der Waals surface area contributed by atoms with Crippen molar-refractivity contribution < 1.29 is 26.6 Å². The van der Waals surface area contributed by atoms with E-state index in [0.717, 1.165) is 38.5 Å². The van der Waals surface area contributed by atoms with Crippen LogP contribution in [-0.4, -0.2) is 26.7 Å². The van der Waals surface area contributed by atoms with Crippen LogP contribution >= 0.6 is 0 Å². The van der Waals surface area contributed by atoms with Crippen molar-refractivity contribution in [2.45, 2.75) is 74.1 Å². The average molecular weight is 326 g/mol. The highest BCUT2D eigenvalue weighted by molar-refractivity contribution is 7.74. The lowest BCUT2D eigenvalue weighted by molar-refractivity contribution is -0.381. The summed E-state index contributed by atoms with van der Waals surface area (Å²) in [5.41, 5.74) is 0. The van der Waals surface area contributed by atoms with Crippen molar-refractivity contribution in [2.75, 3.05) is 0 Å². The van der Waals surface area contributed by atoms with Crippen LogP contribution < -0.4 is 0 Å². The largest absolute Gasteiger partial charge is 0.229 e. The molecule has 0 atom stereocenters. The molecule has 0 bridgehead atoms. The van der Waals surface area contributed by atoms with Crippen LogP contribution in [0.5, 0.6) is 0 Å². The minimum atomic E-state index is -2.82. The molecule has 0 aromatic rings. The van der Waals surface area contributed by atoms with Gasteiger partial charge in [0.05, 0.1) is 0 Å². The van der Waals surface area contributed by atoms with Gasteiger partial charge in [-0.25, -0.2) is 26.6 Å². The summed E-state index contributed by atoms with van der Waals surface area (Å²) in [6.07, 6.45) is 6.44. The summed E-state index contributed by atoms with van der Waals surface area (Å²) in [6, 6.07) is 0. The van der Waals surface area contributed by atoms with E-state index in [2.05, 4.69) is 0 Å². The molecule has 0 amide bonds. The molecule has 0 radical (unpaired) electrons. The predicted octanol–water partition coefficient (Wildman–Crippen LogP) is 1.48. The zero-order chi connectivity index (χ0) is 14.6. The number of hydrogen-bond acceptors (Lipinski definition) is 6. The van der Waals surface area contributed by atoms with Gasteiger partial charge in [0, 0.05) is 0 Å². The van der Waals surface area contributed by atoms with Crippen molar-refractivity contribution in [3.8, 4) is 0 Å². The smallest absolute Gasteiger partial charge is 0.201 e. The minimum absolute atomic E-state index is 0.372. The lowest BCUT2D eigenvalue weighted by Crippen LogP contribution is -2.43. The third-order valence-electron chi connectivity index (χ3n) is 4.29. The molecule has 118 valence electrons. The van der Waals surface area contributed by atoms with E-state index in [-0.39, 0.29) is 0 Å². The third-order valence-corrected chi connectivity index (χ3v) is 6.66. The molecule has 0 aromatic heterocycles. The van der Waals surface area contributed by atoms with Crippen molar-refractivity contribution >= 4 is 21.4 Å². The van der Waals surface area contributed by atoms with E-state index >= 15 is 0 Å². The van der Waals surface area contributed by atoms with E-state index in [4.69, 9.17) is 9.78 Å². The number of hydrogen-bond donors (Lipinski definition) is 2. The Morgan fingerprint density at radius 3 is 1.10 bits per heavy atom. The van der Waals surface area contributed by atoms with Gasteiger partial charge in [-0.3, -0.25) is 0 Å². The molecule has 0 heterocycles. The molecule has 2 rings (SSSR count). The fraction of sp³-hybridized carbons (Fsp3) is 1.00. The molecule has 0 spiro atoms. The quantitative estimate of drug-likeness (QED) is 0.452. The molecule has 2 fully saturated rings. The van der Waals surface area contributed by atoms with Gasteiger partial charge in [0.2, 0.25) is 9.87 Å². The standard InChI is InChI=1S/C12H22O6S2/c13-19(14)11(7-3-1-4-8-11)17-18-12(20(15)16)9-5-2-6-10-12/h19-20H,1-10H2. The normalized spacial score (nSPS) is 25.9. The highest BCUT2D eigenvalue weighted by Crippen LogP contribution is 2.38. The van der Waals surface area contributed by atoms with Gasteiger partial charge in [0.1, 0.15) is 0 Å². The van der Waals surface area contributed by atoms with Crippen LogP contribution in [0.15, 0.2) is 0 Å². The van der Waals surface area contributed by atoms with Gasteiger partial charge in [-0.15, -0.1) is 0 Å². The molecule has 0 aromatic carbocycles. The molecule has 2 saturated carbocycles. The second kappa shape index (κ2) is 6.72. The van der Waals surface area contributed by atoms with Crippen LogP contribution in [0.1, 0.15) is 64.2 Å². The van der Waals surface area contributed by atoms with E-state index in [1.54, 1.807) is 0 Å². The average Bonchev–Trinajstić information content (AvgIpc) is 2.47. The zero-order valence-corrected chi connectivity index (χ0v) is 13.2. The summed E-state index contributed by atoms with van der Waals surface area (Å²) in [6.45, 7) is 0. The molecule has 6 nitrogen and oxygen atoms in total. The molecular formula is C12H22O6S2. The Morgan fingerprint density at radius 2 is 0.850 bits per heavy atom. The first-order chi connectivity index (χ1) is 9.51. The second-order valence-corrected chi connectivity index (χ2v) is 8.35. The Hall–Kier alpha value is -0.180. The lowest BCUT2D eigenvalue weighted by Gasteiger charge is -2.36. The highest BCUT2D eigenvalue weighted by atomic mass is 32.2. The molecule has 2 aliphatic carbocycles. The maximum Gasteiger partial charge on any atom is 0.201 e. The summed E-state index contributed by atoms with van der Waals surface area (Å²) >= 11 is 0. The van der Waals surface area contributed by atoms with Gasteiger partial charge in [0.25, 0.3) is 0 Å². The summed E-state index contributed by atoms with van der Waals surface area (Å²) in [4.78, 5) is 7.82. The monoisotopic (exact) mass is 326 g/mol. The zero-order valence-electron chi connectivity index (χ0n) is 11.4. The molecule has 0 saturated heterocycles. The van der Waals surface area contributed by atoms with Gasteiger partial charge in [-0.1, -0.05) is 12.8 Å². The SMILES string of the molecule is O=[SH](=O)C1(OOC2([SH](=O)=O)CCCCC2)CCCCC1. The van der Waals surface area contributed by atoms with E-state index < -0.39 is 31.3 Å². The Kier molecular flexibility index (Phi) is 5.44. The van der Waals surface area contributed by atoms with Crippen LogP contribution in [0.4, 0.5) is 0 Å². The van der Waals surface area contributed by atoms with Crippen molar-refractivity contribution in [2.24, 2.45) is 0 Å². The van der Waals surface area contributed by atoms with Crippen LogP contribution in [0, 0.1) is 0 Å². The van der Waals surface area contributed by atoms with Crippen molar-refractivity contribution in [3.63, 3.8) is 0 Å². The maximum atomic E-state index is 11.5. The van der Waals surface area contributed by atoms with E-state index in [1.807, 2.05) is 0 Å². The first-order valence-electron chi connectivity index (χ1n) is 7.17. The van der Waals surface area contributed by atoms with Crippen LogP contribution in [0.3, 0.4) is 0 Å². The molecule has 0 N–H and O–H groups in total. The lowest BCUT2D eigenvalue weighted by atomic mass is 9.97. The molecule has 8 heteroatoms. The fourth-order valence-corrected chi connectivity index (χ4v) is 4.52. The van der Waals surface area contributed by atoms with E-state index in [1.165, 1.54) is 0 Å². The third kappa shape index (κ3) is 3.35. The highest BCUT2D eigenvalue weighted by Gasteiger charge is 2.44. The fourth-order valence-electron chi connectivity index (χ4n) is 2.96. The Morgan fingerprint density at radius 1 is 0.550 bits per heavy atom. The molecule has 0 aliphatic heterocycles. The van der Waals surface area contributed by atoms with Crippen molar-refractivity contribution in [1.29, 1.82) is 0 Å². The molecular weight excluding hydrogens is 304 g/mol. The van der Waals surface area contributed by atoms with Gasteiger partial charge < -0.3 is 0 Å². The first kappa shape index (κ1) is 16.2. The second-order valence-electron chi connectivity index (χ2n) is 5.69. The summed E-state index contributed by atoms with van der Waals surface area (Å²) in [5.74, 6) is 0. The summed E-state index contributed by atoms with van der Waals surface area (Å²) in [7, 11) is -5.63. The number of rotatable bonds is 5. The Labute approximate surface area is 122 Å². The first-order valence-corrected chi connectivity index (χ1v) is 9.52. The van der Waals surface area contributed by atoms with Gasteiger partial charge >= 0.3 is 0 Å². The van der Waals surface area contributed by atoms with Gasteiger partial charge in [-0.2, -0.15) is 0 Å². The summed E-state index contributed by atoms with van der Waals surface area (Å²) in [5, 5.41) is 0. The van der Waals surface area contributed by atoms with Gasteiger partial charge in [0.15, 0.2) is 21.4 Å². The van der Waals surface area contributed by atoms with Crippen LogP contribution in [0.2, 0.25) is 0 Å². The van der Waals surface area contributed by atoms with E-state index in [0.29, 0.717) is 25.7 Å². The predicted molar refractivity (Wildman–Crippen MR) is 74.4 cm³/mol. The number of thiol groups is 2. The summed E-state index contributed by atoms with van der Waals surface area (Å²) < 4.78 is 46.0. The Balaban J connectivity index is 2.11. The van der Waals surface area contributed by atoms with Gasteiger partial charge in [-0.05, 0) is 51.4 Å². The van der Waals surface area contributed by atoms with Crippen LogP contribution in [-0.2, 0) is 31.2 Å². The Bertz CT molecular complexity index is 410. The van der Waals surface area contributed by atoms with Crippen LogP contribution in [0.25, 0.3) is 0 Å².